The van der Waals surface area contributed by atoms with Gasteiger partial charge in [0.05, 0.1) is 11.4 Å². The highest BCUT2D eigenvalue weighted by atomic mass is 15.2. The van der Waals surface area contributed by atoms with Gasteiger partial charge >= 0.3 is 0 Å². The van der Waals surface area contributed by atoms with Crippen molar-refractivity contribution in [3.63, 3.8) is 0 Å². The van der Waals surface area contributed by atoms with Crippen LogP contribution >= 0.6 is 0 Å². The molecule has 1 fully saturated rings. The van der Waals surface area contributed by atoms with E-state index in [9.17, 15) is 0 Å². The minimum atomic E-state index is 0.431. The van der Waals surface area contributed by atoms with Crippen molar-refractivity contribution < 1.29 is 0 Å². The summed E-state index contributed by atoms with van der Waals surface area (Å²) < 4.78 is 0. The fourth-order valence-electron chi connectivity index (χ4n) is 2.43. The number of pyridine rings is 1. The highest BCUT2D eigenvalue weighted by Crippen LogP contribution is 2.28. The van der Waals surface area contributed by atoms with Crippen molar-refractivity contribution in [2.24, 2.45) is 0 Å². The Labute approximate surface area is 100 Å². The van der Waals surface area contributed by atoms with E-state index in [2.05, 4.69) is 27.4 Å². The Morgan fingerprint density at radius 1 is 1.35 bits per heavy atom. The highest BCUT2D eigenvalue weighted by molar-refractivity contribution is 5.59. The summed E-state index contributed by atoms with van der Waals surface area (Å²) in [5.41, 5.74) is 4.33. The molecule has 1 atom stereocenters. The molecule has 0 bridgehead atoms. The standard InChI is InChI=1S/C13H16N4/c1-9-12(10-5-2-3-7-14-10)16-17-13(9)11-6-4-8-15-11/h2-3,5,7,11,15H,4,6,8H2,1H3,(H,16,17). The Hall–Kier alpha value is -1.68. The summed E-state index contributed by atoms with van der Waals surface area (Å²) in [5, 5.41) is 11.1. The largest absolute Gasteiger partial charge is 0.309 e. The molecule has 1 aliphatic rings. The Kier molecular flexibility index (Phi) is 2.65. The van der Waals surface area contributed by atoms with Gasteiger partial charge in [-0.1, -0.05) is 6.07 Å². The number of aromatic nitrogens is 3. The molecule has 2 aromatic rings. The molecule has 4 heteroatoms. The molecule has 0 radical (unpaired) electrons. The predicted molar refractivity (Wildman–Crippen MR) is 66.5 cm³/mol. The first kappa shape index (κ1) is 10.5. The Bertz CT molecular complexity index is 497. The van der Waals surface area contributed by atoms with Crippen LogP contribution in [0.1, 0.15) is 30.1 Å². The zero-order valence-corrected chi connectivity index (χ0v) is 9.90. The van der Waals surface area contributed by atoms with Crippen LogP contribution < -0.4 is 5.32 Å². The summed E-state index contributed by atoms with van der Waals surface area (Å²) in [6, 6.07) is 6.34. The molecule has 2 N–H and O–H groups in total. The van der Waals surface area contributed by atoms with Gasteiger partial charge in [-0.05, 0) is 38.4 Å². The second-order valence-corrected chi connectivity index (χ2v) is 4.47. The number of nitrogens with one attached hydrogen (secondary N) is 2. The van der Waals surface area contributed by atoms with Gasteiger partial charge in [-0.15, -0.1) is 0 Å². The van der Waals surface area contributed by atoms with Gasteiger partial charge in [0.15, 0.2) is 0 Å². The van der Waals surface area contributed by atoms with Crippen LogP contribution in [-0.2, 0) is 0 Å². The molecule has 3 rings (SSSR count). The number of hydrogen-bond donors (Lipinski definition) is 2. The second kappa shape index (κ2) is 4.30. The molecule has 1 unspecified atom stereocenters. The van der Waals surface area contributed by atoms with E-state index >= 15 is 0 Å². The summed E-state index contributed by atoms with van der Waals surface area (Å²) in [6.45, 7) is 3.21. The second-order valence-electron chi connectivity index (χ2n) is 4.47. The maximum absolute atomic E-state index is 4.40. The number of H-pyrrole nitrogens is 1. The Morgan fingerprint density at radius 3 is 3.00 bits per heavy atom. The molecule has 2 aromatic heterocycles. The van der Waals surface area contributed by atoms with Crippen molar-refractivity contribution in [2.75, 3.05) is 6.54 Å². The lowest BCUT2D eigenvalue weighted by molar-refractivity contribution is 0.622. The van der Waals surface area contributed by atoms with E-state index in [-0.39, 0.29) is 0 Å². The summed E-state index contributed by atoms with van der Waals surface area (Å²) in [5.74, 6) is 0. The van der Waals surface area contributed by atoms with Gasteiger partial charge in [-0.25, -0.2) is 0 Å². The molecular weight excluding hydrogens is 212 g/mol. The average molecular weight is 228 g/mol. The van der Waals surface area contributed by atoms with Gasteiger partial charge in [0.1, 0.15) is 5.69 Å². The lowest BCUT2D eigenvalue weighted by Gasteiger charge is -2.08. The van der Waals surface area contributed by atoms with Crippen LogP contribution in [0, 0.1) is 6.92 Å². The smallest absolute Gasteiger partial charge is 0.114 e. The molecule has 1 saturated heterocycles. The molecule has 4 nitrogen and oxygen atoms in total. The fourth-order valence-corrected chi connectivity index (χ4v) is 2.43. The third kappa shape index (κ3) is 1.85. The first-order valence-electron chi connectivity index (χ1n) is 6.06. The lowest BCUT2D eigenvalue weighted by atomic mass is 10.1. The van der Waals surface area contributed by atoms with E-state index in [1.54, 1.807) is 6.20 Å². The number of nitrogens with zero attached hydrogens (tertiary/aromatic N) is 2. The summed E-state index contributed by atoms with van der Waals surface area (Å²) in [7, 11) is 0. The molecule has 1 aliphatic heterocycles. The van der Waals surface area contributed by atoms with Gasteiger partial charge in [0.2, 0.25) is 0 Å². The monoisotopic (exact) mass is 228 g/mol. The first-order chi connectivity index (χ1) is 8.36. The molecule has 88 valence electrons. The number of aromatic amines is 1. The van der Waals surface area contributed by atoms with Crippen molar-refractivity contribution in [3.05, 3.63) is 35.7 Å². The van der Waals surface area contributed by atoms with Crippen LogP contribution in [0.4, 0.5) is 0 Å². The van der Waals surface area contributed by atoms with Gasteiger partial charge in [-0.3, -0.25) is 10.1 Å². The maximum atomic E-state index is 4.40. The quantitative estimate of drug-likeness (QED) is 0.828. The zero-order valence-electron chi connectivity index (χ0n) is 9.90. The third-order valence-electron chi connectivity index (χ3n) is 3.36. The minimum Gasteiger partial charge on any atom is -0.309 e. The zero-order chi connectivity index (χ0) is 11.7. The molecule has 0 spiro atoms. The van der Waals surface area contributed by atoms with Crippen LogP contribution in [0.5, 0.6) is 0 Å². The predicted octanol–water partition coefficient (Wildman–Crippen LogP) is 2.20. The van der Waals surface area contributed by atoms with E-state index in [4.69, 9.17) is 0 Å². The van der Waals surface area contributed by atoms with Crippen LogP contribution in [0.2, 0.25) is 0 Å². The van der Waals surface area contributed by atoms with Crippen LogP contribution in [0.3, 0.4) is 0 Å². The lowest BCUT2D eigenvalue weighted by Crippen LogP contribution is -2.14. The molecular formula is C13H16N4. The molecule has 17 heavy (non-hydrogen) atoms. The van der Waals surface area contributed by atoms with E-state index in [0.717, 1.165) is 17.9 Å². The van der Waals surface area contributed by atoms with Crippen molar-refractivity contribution in [3.8, 4) is 11.4 Å². The van der Waals surface area contributed by atoms with Crippen molar-refractivity contribution >= 4 is 0 Å². The van der Waals surface area contributed by atoms with Crippen molar-refractivity contribution in [2.45, 2.75) is 25.8 Å². The fraction of sp³-hybridized carbons (Fsp3) is 0.385. The number of hydrogen-bond acceptors (Lipinski definition) is 3. The minimum absolute atomic E-state index is 0.431. The molecule has 0 aromatic carbocycles. The third-order valence-corrected chi connectivity index (χ3v) is 3.36. The summed E-state index contributed by atoms with van der Waals surface area (Å²) in [6.07, 6.45) is 4.23. The Morgan fingerprint density at radius 2 is 2.29 bits per heavy atom. The van der Waals surface area contributed by atoms with E-state index < -0.39 is 0 Å². The first-order valence-corrected chi connectivity index (χ1v) is 6.06. The summed E-state index contributed by atoms with van der Waals surface area (Å²) >= 11 is 0. The number of rotatable bonds is 2. The van der Waals surface area contributed by atoms with E-state index in [1.165, 1.54) is 24.1 Å². The molecule has 0 aliphatic carbocycles. The molecule has 0 saturated carbocycles. The summed E-state index contributed by atoms with van der Waals surface area (Å²) in [4.78, 5) is 4.35. The van der Waals surface area contributed by atoms with Crippen LogP contribution in [0.25, 0.3) is 11.4 Å². The maximum Gasteiger partial charge on any atom is 0.114 e. The van der Waals surface area contributed by atoms with Crippen molar-refractivity contribution in [1.29, 1.82) is 0 Å². The van der Waals surface area contributed by atoms with Gasteiger partial charge < -0.3 is 5.32 Å². The van der Waals surface area contributed by atoms with Gasteiger partial charge in [0.25, 0.3) is 0 Å². The van der Waals surface area contributed by atoms with Gasteiger partial charge in [-0.2, -0.15) is 5.10 Å². The SMILES string of the molecule is Cc1c(-c2ccccn2)n[nH]c1C1CCCN1. The average Bonchev–Trinajstić information content (AvgIpc) is 2.99. The van der Waals surface area contributed by atoms with E-state index in [1.807, 2.05) is 18.2 Å². The van der Waals surface area contributed by atoms with E-state index in [0.29, 0.717) is 6.04 Å². The topological polar surface area (TPSA) is 53.6 Å². The van der Waals surface area contributed by atoms with Crippen molar-refractivity contribution in [1.82, 2.24) is 20.5 Å². The van der Waals surface area contributed by atoms with Gasteiger partial charge in [0, 0.05) is 17.8 Å². The molecule has 0 amide bonds. The van der Waals surface area contributed by atoms with Crippen LogP contribution in [0.15, 0.2) is 24.4 Å². The molecule has 3 heterocycles. The normalized spacial score (nSPS) is 19.7. The van der Waals surface area contributed by atoms with Crippen LogP contribution in [-0.4, -0.2) is 21.7 Å². The highest BCUT2D eigenvalue weighted by Gasteiger charge is 2.22. The Balaban J connectivity index is 1.97.